The second-order valence-corrected chi connectivity index (χ2v) is 12.7. The number of hydrogen-bond donors (Lipinski definition) is 3. The third-order valence-corrected chi connectivity index (χ3v) is 8.68. The van der Waals surface area contributed by atoms with E-state index in [2.05, 4.69) is 24.5 Å². The fraction of sp³-hybridized carbons (Fsp3) is 0.543. The van der Waals surface area contributed by atoms with Crippen LogP contribution in [0.1, 0.15) is 75.5 Å². The number of nitrogens with one attached hydrogen (secondary N) is 2. The van der Waals surface area contributed by atoms with Gasteiger partial charge in [-0.25, -0.2) is 0 Å². The van der Waals surface area contributed by atoms with E-state index >= 15 is 0 Å². The number of benzene rings is 2. The highest BCUT2D eigenvalue weighted by Crippen LogP contribution is 2.22. The zero-order valence-electron chi connectivity index (χ0n) is 25.6. The lowest BCUT2D eigenvalue weighted by atomic mass is 9.90. The fourth-order valence-corrected chi connectivity index (χ4v) is 6.23. The van der Waals surface area contributed by atoms with E-state index in [0.717, 1.165) is 49.8 Å². The largest absolute Gasteiger partial charge is 0.481 e. The number of likely N-dealkylation sites (tertiary alicyclic amines) is 1. The van der Waals surface area contributed by atoms with Crippen molar-refractivity contribution in [2.24, 2.45) is 11.8 Å². The summed E-state index contributed by atoms with van der Waals surface area (Å²) in [6.07, 6.45) is 5.80. The molecular weight excluding hydrogens is 542 g/mol. The molecule has 0 aliphatic carbocycles. The van der Waals surface area contributed by atoms with Gasteiger partial charge in [0.05, 0.1) is 12.0 Å². The van der Waals surface area contributed by atoms with Gasteiger partial charge in [-0.1, -0.05) is 68.4 Å². The molecule has 43 heavy (non-hydrogen) atoms. The van der Waals surface area contributed by atoms with Gasteiger partial charge in [-0.15, -0.1) is 0 Å². The van der Waals surface area contributed by atoms with Crippen molar-refractivity contribution in [2.75, 3.05) is 13.1 Å². The molecular formula is C35H47N3O5. The lowest BCUT2D eigenvalue weighted by molar-refractivity contribution is -0.144. The number of carbonyl (C=O) groups is 4. The summed E-state index contributed by atoms with van der Waals surface area (Å²) in [4.78, 5) is 53.8. The van der Waals surface area contributed by atoms with Gasteiger partial charge < -0.3 is 20.6 Å². The molecule has 2 amide bonds. The molecule has 8 heteroatoms. The average Bonchev–Trinajstić information content (AvgIpc) is 3.70. The standard InChI is InChI=1S/C35H47N3O5/c1-24(2)12-13-25-14-16-27(17-15-25)20-28(35(42)43)22-30(39)23-29(21-26-8-4-3-5-9-26)37-33(40)32-11-7-19-38(32)34(41)31-10-6-18-36-31/h3-5,8-9,14-17,24,28-29,31-32,36H,6-7,10-13,18-23H2,1-2H3,(H,37,40)(H,42,43). The van der Waals surface area contributed by atoms with Gasteiger partial charge in [0.25, 0.3) is 0 Å². The third-order valence-electron chi connectivity index (χ3n) is 8.68. The van der Waals surface area contributed by atoms with Crippen LogP contribution in [0, 0.1) is 11.8 Å². The number of carbonyl (C=O) groups excluding carboxylic acids is 3. The monoisotopic (exact) mass is 589 g/mol. The molecule has 4 unspecified atom stereocenters. The van der Waals surface area contributed by atoms with Crippen molar-refractivity contribution in [3.05, 3.63) is 71.3 Å². The lowest BCUT2D eigenvalue weighted by Gasteiger charge is -2.28. The number of aliphatic carboxylic acids is 1. The Morgan fingerprint density at radius 1 is 0.907 bits per heavy atom. The summed E-state index contributed by atoms with van der Waals surface area (Å²) >= 11 is 0. The van der Waals surface area contributed by atoms with Gasteiger partial charge in [0.15, 0.2) is 0 Å². The predicted octanol–water partition coefficient (Wildman–Crippen LogP) is 4.34. The molecule has 2 aromatic rings. The second kappa shape index (κ2) is 15.8. The summed E-state index contributed by atoms with van der Waals surface area (Å²) in [7, 11) is 0. The van der Waals surface area contributed by atoms with E-state index in [1.165, 1.54) is 5.56 Å². The van der Waals surface area contributed by atoms with Crippen molar-refractivity contribution >= 4 is 23.6 Å². The molecule has 4 atom stereocenters. The normalized spacial score (nSPS) is 19.7. The summed E-state index contributed by atoms with van der Waals surface area (Å²) in [6.45, 7) is 5.75. The zero-order valence-corrected chi connectivity index (χ0v) is 25.6. The molecule has 2 aromatic carbocycles. The van der Waals surface area contributed by atoms with Gasteiger partial charge in [-0.05, 0) is 80.5 Å². The molecule has 4 rings (SSSR count). The second-order valence-electron chi connectivity index (χ2n) is 12.7. The molecule has 2 aliphatic heterocycles. The quantitative estimate of drug-likeness (QED) is 0.285. The molecule has 2 aliphatic rings. The van der Waals surface area contributed by atoms with E-state index in [1.54, 1.807) is 4.90 Å². The van der Waals surface area contributed by atoms with Crippen LogP contribution in [0.4, 0.5) is 0 Å². The van der Waals surface area contributed by atoms with Gasteiger partial charge in [0.1, 0.15) is 11.8 Å². The summed E-state index contributed by atoms with van der Waals surface area (Å²) < 4.78 is 0. The SMILES string of the molecule is CC(C)CCc1ccc(CC(CC(=O)CC(Cc2ccccc2)NC(=O)C2CCCN2C(=O)C2CCCN2)C(=O)O)cc1. The van der Waals surface area contributed by atoms with Crippen LogP contribution in [-0.2, 0) is 38.4 Å². The van der Waals surface area contributed by atoms with Crippen LogP contribution in [-0.4, -0.2) is 64.8 Å². The molecule has 2 fully saturated rings. The Hall–Kier alpha value is -3.52. The number of carboxylic acid groups (broad SMARTS) is 1. The number of carboxylic acids is 1. The van der Waals surface area contributed by atoms with Crippen LogP contribution >= 0.6 is 0 Å². The summed E-state index contributed by atoms with van der Waals surface area (Å²) in [5.74, 6) is -1.69. The van der Waals surface area contributed by atoms with Crippen molar-refractivity contribution in [3.63, 3.8) is 0 Å². The summed E-state index contributed by atoms with van der Waals surface area (Å²) in [5.41, 5.74) is 3.09. The molecule has 0 aromatic heterocycles. The maximum Gasteiger partial charge on any atom is 0.307 e. The van der Waals surface area contributed by atoms with Crippen molar-refractivity contribution in [1.82, 2.24) is 15.5 Å². The first-order chi connectivity index (χ1) is 20.7. The van der Waals surface area contributed by atoms with Crippen molar-refractivity contribution in [3.8, 4) is 0 Å². The van der Waals surface area contributed by atoms with E-state index in [0.29, 0.717) is 25.3 Å². The van der Waals surface area contributed by atoms with Crippen molar-refractivity contribution in [2.45, 2.75) is 96.2 Å². The van der Waals surface area contributed by atoms with Crippen LogP contribution in [0.15, 0.2) is 54.6 Å². The molecule has 0 radical (unpaired) electrons. The number of rotatable bonds is 15. The highest BCUT2D eigenvalue weighted by atomic mass is 16.4. The minimum absolute atomic E-state index is 0.0249. The smallest absolute Gasteiger partial charge is 0.307 e. The predicted molar refractivity (Wildman–Crippen MR) is 167 cm³/mol. The van der Waals surface area contributed by atoms with Crippen LogP contribution in [0.3, 0.4) is 0 Å². The fourth-order valence-electron chi connectivity index (χ4n) is 6.23. The minimum atomic E-state index is -0.999. The molecule has 2 heterocycles. The maximum absolute atomic E-state index is 13.5. The van der Waals surface area contributed by atoms with Gasteiger partial charge in [0.2, 0.25) is 11.8 Å². The Kier molecular flexibility index (Phi) is 11.9. The Morgan fingerprint density at radius 2 is 1.60 bits per heavy atom. The lowest BCUT2D eigenvalue weighted by Crippen LogP contribution is -2.53. The van der Waals surface area contributed by atoms with Gasteiger partial charge in [-0.3, -0.25) is 19.2 Å². The van der Waals surface area contributed by atoms with E-state index in [-0.39, 0.29) is 42.9 Å². The topological polar surface area (TPSA) is 116 Å². The van der Waals surface area contributed by atoms with Gasteiger partial charge in [0, 0.05) is 25.4 Å². The van der Waals surface area contributed by atoms with E-state index in [9.17, 15) is 24.3 Å². The summed E-state index contributed by atoms with van der Waals surface area (Å²) in [5, 5.41) is 16.3. The van der Waals surface area contributed by atoms with Crippen LogP contribution in [0.25, 0.3) is 0 Å². The Balaban J connectivity index is 1.39. The molecule has 3 N–H and O–H groups in total. The van der Waals surface area contributed by atoms with Crippen LogP contribution in [0.2, 0.25) is 0 Å². The molecule has 8 nitrogen and oxygen atoms in total. The number of amides is 2. The number of hydrogen-bond acceptors (Lipinski definition) is 5. The number of aryl methyl sites for hydroxylation is 1. The van der Waals surface area contributed by atoms with Crippen molar-refractivity contribution < 1.29 is 24.3 Å². The summed E-state index contributed by atoms with van der Waals surface area (Å²) in [6, 6.07) is 16.4. The first-order valence-corrected chi connectivity index (χ1v) is 15.9. The Labute approximate surface area is 255 Å². The molecule has 0 spiro atoms. The first kappa shape index (κ1) is 32.4. The van der Waals surface area contributed by atoms with Crippen LogP contribution in [0.5, 0.6) is 0 Å². The Bertz CT molecular complexity index is 1220. The number of ketones is 1. The highest BCUT2D eigenvalue weighted by Gasteiger charge is 2.38. The van der Waals surface area contributed by atoms with Gasteiger partial charge in [-0.2, -0.15) is 0 Å². The van der Waals surface area contributed by atoms with Gasteiger partial charge >= 0.3 is 5.97 Å². The molecule has 232 valence electrons. The first-order valence-electron chi connectivity index (χ1n) is 15.9. The number of Topliss-reactive ketones (excluding diaryl/α,β-unsaturated/α-hetero) is 1. The maximum atomic E-state index is 13.5. The van der Waals surface area contributed by atoms with E-state index in [4.69, 9.17) is 0 Å². The van der Waals surface area contributed by atoms with Crippen molar-refractivity contribution in [1.29, 1.82) is 0 Å². The van der Waals surface area contributed by atoms with E-state index in [1.807, 2.05) is 54.6 Å². The third kappa shape index (κ3) is 9.75. The molecule has 0 bridgehead atoms. The molecule has 2 saturated heterocycles. The Morgan fingerprint density at radius 3 is 2.26 bits per heavy atom. The molecule has 0 saturated carbocycles. The van der Waals surface area contributed by atoms with E-state index < -0.39 is 24.0 Å². The zero-order chi connectivity index (χ0) is 30.8. The minimum Gasteiger partial charge on any atom is -0.481 e. The average molecular weight is 590 g/mol. The highest BCUT2D eigenvalue weighted by molar-refractivity contribution is 5.91. The van der Waals surface area contributed by atoms with Crippen LogP contribution < -0.4 is 10.6 Å². The number of nitrogens with zero attached hydrogens (tertiary/aromatic N) is 1.